The summed E-state index contributed by atoms with van der Waals surface area (Å²) in [4.78, 5) is 15.4. The number of rotatable bonds is 4. The van der Waals surface area contributed by atoms with Crippen LogP contribution in [-0.2, 0) is 0 Å². The predicted octanol–water partition coefficient (Wildman–Crippen LogP) is 4.65. The maximum atomic E-state index is 14.2. The van der Waals surface area contributed by atoms with Crippen molar-refractivity contribution >= 4 is 5.82 Å². The molecular formula is C23H20F4N8. The van der Waals surface area contributed by atoms with Gasteiger partial charge in [0.25, 0.3) is 0 Å². The Kier molecular flexibility index (Phi) is 4.87. The zero-order chi connectivity index (χ0) is 24.3. The lowest BCUT2D eigenvalue weighted by molar-refractivity contribution is 0.00746. The summed E-state index contributed by atoms with van der Waals surface area (Å²) in [5, 5.41) is 8.29. The number of aromatic nitrogens is 7. The monoisotopic (exact) mass is 484 g/mol. The van der Waals surface area contributed by atoms with Gasteiger partial charge in [-0.25, -0.2) is 27.5 Å². The van der Waals surface area contributed by atoms with Gasteiger partial charge in [0.1, 0.15) is 17.8 Å². The molecule has 4 aromatic rings. The molecule has 1 aliphatic carbocycles. The molecule has 0 amide bonds. The van der Waals surface area contributed by atoms with Crippen LogP contribution in [0, 0.1) is 11.6 Å². The number of hydrogen-bond donors (Lipinski definition) is 0. The maximum absolute atomic E-state index is 14.2. The fourth-order valence-electron chi connectivity index (χ4n) is 5.05. The summed E-state index contributed by atoms with van der Waals surface area (Å²) in [5.41, 5.74) is 0.929. The minimum Gasteiger partial charge on any atom is -0.341 e. The fraction of sp³-hybridized carbons (Fsp3) is 0.348. The lowest BCUT2D eigenvalue weighted by Crippen LogP contribution is -2.42. The van der Waals surface area contributed by atoms with Crippen LogP contribution in [-0.4, -0.2) is 46.2 Å². The summed E-state index contributed by atoms with van der Waals surface area (Å²) in [5.74, 6) is -3.02. The van der Waals surface area contributed by atoms with Crippen molar-refractivity contribution in [2.45, 2.75) is 50.6 Å². The first kappa shape index (κ1) is 21.7. The minimum absolute atomic E-state index is 0.188. The van der Waals surface area contributed by atoms with E-state index in [4.69, 9.17) is 4.98 Å². The van der Waals surface area contributed by atoms with Crippen LogP contribution >= 0.6 is 0 Å². The fourth-order valence-corrected chi connectivity index (χ4v) is 5.05. The van der Waals surface area contributed by atoms with Crippen molar-refractivity contribution in [1.82, 2.24) is 34.3 Å². The molecule has 0 spiro atoms. The number of anilines is 1. The van der Waals surface area contributed by atoms with Gasteiger partial charge < -0.3 is 4.90 Å². The molecule has 1 saturated carbocycles. The maximum Gasteiger partial charge on any atom is 0.250 e. The molecule has 35 heavy (non-hydrogen) atoms. The van der Waals surface area contributed by atoms with Crippen molar-refractivity contribution in [1.29, 1.82) is 0 Å². The van der Waals surface area contributed by atoms with Crippen LogP contribution in [0.5, 0.6) is 0 Å². The van der Waals surface area contributed by atoms with Crippen LogP contribution in [0.25, 0.3) is 23.0 Å². The molecule has 4 heterocycles. The average molecular weight is 484 g/mol. The SMILES string of the molecule is CCC1c2nncn2-c2cnc(-n3ccnc3-c3ccc(F)c(F)c3)nc2N1C1CCC(F)(F)C1. The van der Waals surface area contributed by atoms with Crippen LogP contribution in [0.3, 0.4) is 0 Å². The van der Waals surface area contributed by atoms with E-state index in [2.05, 4.69) is 20.2 Å². The van der Waals surface area contributed by atoms with Crippen molar-refractivity contribution in [3.05, 3.63) is 60.6 Å². The summed E-state index contributed by atoms with van der Waals surface area (Å²) in [7, 11) is 0. The number of imidazole rings is 1. The van der Waals surface area contributed by atoms with E-state index in [-0.39, 0.29) is 24.8 Å². The Morgan fingerprint density at radius 2 is 1.97 bits per heavy atom. The number of hydrogen-bond acceptors (Lipinski definition) is 6. The van der Waals surface area contributed by atoms with E-state index in [1.54, 1.807) is 27.9 Å². The van der Waals surface area contributed by atoms with E-state index in [0.717, 1.165) is 12.1 Å². The molecule has 6 rings (SSSR count). The lowest BCUT2D eigenvalue weighted by atomic mass is 10.0. The van der Waals surface area contributed by atoms with Crippen LogP contribution in [0.4, 0.5) is 23.4 Å². The number of fused-ring (bicyclic) bond motifs is 3. The molecule has 180 valence electrons. The Bertz CT molecular complexity index is 1410. The molecule has 2 unspecified atom stereocenters. The van der Waals surface area contributed by atoms with E-state index in [1.165, 1.54) is 12.3 Å². The minimum atomic E-state index is -2.74. The van der Waals surface area contributed by atoms with Crippen LogP contribution in [0.15, 0.2) is 43.1 Å². The summed E-state index contributed by atoms with van der Waals surface area (Å²) in [6, 6.07) is 2.77. The highest BCUT2D eigenvalue weighted by Crippen LogP contribution is 2.46. The van der Waals surface area contributed by atoms with Crippen molar-refractivity contribution < 1.29 is 17.6 Å². The highest BCUT2D eigenvalue weighted by molar-refractivity contribution is 5.64. The Balaban J connectivity index is 1.49. The van der Waals surface area contributed by atoms with Gasteiger partial charge in [-0.05, 0) is 31.0 Å². The van der Waals surface area contributed by atoms with Gasteiger partial charge in [-0.15, -0.1) is 10.2 Å². The largest absolute Gasteiger partial charge is 0.341 e. The van der Waals surface area contributed by atoms with Gasteiger partial charge in [0, 0.05) is 36.8 Å². The standard InChI is InChI=1S/C23H20F4N8/c1-2-17-21-32-30-12-34(21)18-11-29-22(31-20(18)35(17)14-5-6-23(26,27)10-14)33-8-7-28-19(33)13-3-4-15(24)16(25)9-13/h3-4,7-9,11-12,14,17H,2,5-6,10H2,1H3. The van der Waals surface area contributed by atoms with Gasteiger partial charge in [-0.1, -0.05) is 6.92 Å². The number of benzene rings is 1. The Morgan fingerprint density at radius 3 is 2.71 bits per heavy atom. The second-order valence-electron chi connectivity index (χ2n) is 8.77. The Labute approximate surface area is 197 Å². The van der Waals surface area contributed by atoms with Gasteiger partial charge in [0.2, 0.25) is 11.9 Å². The van der Waals surface area contributed by atoms with Crippen molar-refractivity contribution in [2.24, 2.45) is 0 Å². The first-order valence-corrected chi connectivity index (χ1v) is 11.3. The lowest BCUT2D eigenvalue weighted by Gasteiger charge is -2.40. The summed E-state index contributed by atoms with van der Waals surface area (Å²) in [6.45, 7) is 1.97. The summed E-state index contributed by atoms with van der Waals surface area (Å²) >= 11 is 0. The molecule has 2 atom stereocenters. The van der Waals surface area contributed by atoms with Gasteiger partial charge in [0.15, 0.2) is 23.3 Å². The highest BCUT2D eigenvalue weighted by atomic mass is 19.3. The van der Waals surface area contributed by atoms with Crippen molar-refractivity contribution in [2.75, 3.05) is 4.90 Å². The summed E-state index contributed by atoms with van der Waals surface area (Å²) < 4.78 is 59.1. The third-order valence-corrected chi connectivity index (χ3v) is 6.64. The molecule has 12 heteroatoms. The third kappa shape index (κ3) is 3.46. The summed E-state index contributed by atoms with van der Waals surface area (Å²) in [6.07, 6.45) is 6.73. The Morgan fingerprint density at radius 1 is 1.11 bits per heavy atom. The van der Waals surface area contributed by atoms with E-state index in [1.807, 2.05) is 11.8 Å². The second kappa shape index (κ2) is 7.85. The molecule has 0 saturated heterocycles. The molecule has 1 fully saturated rings. The van der Waals surface area contributed by atoms with Gasteiger partial charge in [-0.2, -0.15) is 4.98 Å². The van der Waals surface area contributed by atoms with Crippen LogP contribution in [0.2, 0.25) is 0 Å². The molecule has 2 aliphatic rings. The molecule has 1 aliphatic heterocycles. The average Bonchev–Trinajstić information content (AvgIpc) is 3.59. The second-order valence-corrected chi connectivity index (χ2v) is 8.77. The zero-order valence-corrected chi connectivity index (χ0v) is 18.6. The predicted molar refractivity (Wildman–Crippen MR) is 118 cm³/mol. The van der Waals surface area contributed by atoms with E-state index in [0.29, 0.717) is 41.6 Å². The number of alkyl halides is 2. The van der Waals surface area contributed by atoms with Crippen LogP contribution < -0.4 is 4.90 Å². The van der Waals surface area contributed by atoms with Crippen LogP contribution in [0.1, 0.15) is 44.5 Å². The smallest absolute Gasteiger partial charge is 0.250 e. The third-order valence-electron chi connectivity index (χ3n) is 6.64. The first-order chi connectivity index (χ1) is 16.9. The molecule has 0 bridgehead atoms. The quantitative estimate of drug-likeness (QED) is 0.393. The first-order valence-electron chi connectivity index (χ1n) is 11.3. The highest BCUT2D eigenvalue weighted by Gasteiger charge is 2.46. The van der Waals surface area contributed by atoms with Gasteiger partial charge >= 0.3 is 0 Å². The molecule has 1 aromatic carbocycles. The molecular weight excluding hydrogens is 464 g/mol. The topological polar surface area (TPSA) is 77.5 Å². The zero-order valence-electron chi connectivity index (χ0n) is 18.6. The van der Waals surface area contributed by atoms with Gasteiger partial charge in [0.05, 0.1) is 12.2 Å². The molecule has 3 aromatic heterocycles. The Hall–Kier alpha value is -3.83. The van der Waals surface area contributed by atoms with E-state index in [9.17, 15) is 17.6 Å². The van der Waals surface area contributed by atoms with E-state index < -0.39 is 23.6 Å². The van der Waals surface area contributed by atoms with Gasteiger partial charge in [-0.3, -0.25) is 9.13 Å². The van der Waals surface area contributed by atoms with Crippen molar-refractivity contribution in [3.8, 4) is 23.0 Å². The molecule has 0 radical (unpaired) electrons. The molecule has 8 nitrogen and oxygen atoms in total. The number of halogens is 4. The molecule has 0 N–H and O–H groups in total. The normalized spacial score (nSPS) is 20.7. The van der Waals surface area contributed by atoms with E-state index >= 15 is 0 Å². The van der Waals surface area contributed by atoms with Crippen molar-refractivity contribution in [3.63, 3.8) is 0 Å². The number of nitrogens with zero attached hydrogens (tertiary/aromatic N) is 8.